The largest absolute Gasteiger partial charge is 0.465 e. The maximum atomic E-state index is 11.9. The first kappa shape index (κ1) is 12.9. The number of hydrogen-bond acceptors (Lipinski definition) is 3. The van der Waals surface area contributed by atoms with Crippen LogP contribution in [0.15, 0.2) is 36.5 Å². The molecule has 0 aliphatic heterocycles. The molecule has 1 amide bonds. The molecule has 5 nitrogen and oxygen atoms in total. The summed E-state index contributed by atoms with van der Waals surface area (Å²) in [4.78, 5) is 26.4. The number of esters is 1. The van der Waals surface area contributed by atoms with Crippen LogP contribution in [-0.4, -0.2) is 24.0 Å². The molecule has 1 aromatic carbocycles. The SMILES string of the molecule is COC(=O)c1cc(C)ccc1NC(=O)c1ccc[nH]1. The molecule has 5 heteroatoms. The van der Waals surface area contributed by atoms with Crippen LogP contribution in [0, 0.1) is 6.92 Å². The summed E-state index contributed by atoms with van der Waals surface area (Å²) in [6, 6.07) is 8.56. The van der Waals surface area contributed by atoms with Crippen LogP contribution in [0.5, 0.6) is 0 Å². The van der Waals surface area contributed by atoms with Gasteiger partial charge in [0.05, 0.1) is 18.4 Å². The molecule has 2 N–H and O–H groups in total. The topological polar surface area (TPSA) is 71.2 Å². The van der Waals surface area contributed by atoms with E-state index in [4.69, 9.17) is 4.74 Å². The molecule has 98 valence electrons. The zero-order chi connectivity index (χ0) is 13.8. The van der Waals surface area contributed by atoms with Gasteiger partial charge in [0.25, 0.3) is 5.91 Å². The summed E-state index contributed by atoms with van der Waals surface area (Å²) in [7, 11) is 1.31. The fraction of sp³-hybridized carbons (Fsp3) is 0.143. The van der Waals surface area contributed by atoms with E-state index in [0.717, 1.165) is 5.56 Å². The van der Waals surface area contributed by atoms with Crippen molar-refractivity contribution in [1.82, 2.24) is 4.98 Å². The van der Waals surface area contributed by atoms with Gasteiger partial charge >= 0.3 is 5.97 Å². The van der Waals surface area contributed by atoms with E-state index in [0.29, 0.717) is 16.9 Å². The van der Waals surface area contributed by atoms with E-state index < -0.39 is 5.97 Å². The van der Waals surface area contributed by atoms with Gasteiger partial charge in [-0.25, -0.2) is 4.79 Å². The summed E-state index contributed by atoms with van der Waals surface area (Å²) in [6.45, 7) is 1.86. The molecule has 1 heterocycles. The van der Waals surface area contributed by atoms with E-state index in [9.17, 15) is 9.59 Å². The minimum atomic E-state index is -0.481. The molecule has 1 aromatic heterocycles. The highest BCUT2D eigenvalue weighted by Gasteiger charge is 2.15. The highest BCUT2D eigenvalue weighted by Crippen LogP contribution is 2.19. The highest BCUT2D eigenvalue weighted by atomic mass is 16.5. The summed E-state index contributed by atoms with van der Waals surface area (Å²) in [5, 5.41) is 2.68. The Morgan fingerprint density at radius 1 is 1.26 bits per heavy atom. The monoisotopic (exact) mass is 258 g/mol. The minimum Gasteiger partial charge on any atom is -0.465 e. The number of anilines is 1. The summed E-state index contributed by atoms with van der Waals surface area (Å²) in [6.07, 6.45) is 1.66. The van der Waals surface area contributed by atoms with Gasteiger partial charge in [0, 0.05) is 6.20 Å². The van der Waals surface area contributed by atoms with E-state index in [-0.39, 0.29) is 5.91 Å². The van der Waals surface area contributed by atoms with Crippen LogP contribution in [0.3, 0.4) is 0 Å². The normalized spacial score (nSPS) is 10.0. The Bertz CT molecular complexity index is 603. The zero-order valence-corrected chi connectivity index (χ0v) is 10.7. The second-order valence-corrected chi connectivity index (χ2v) is 4.08. The number of carbonyl (C=O) groups excluding carboxylic acids is 2. The van der Waals surface area contributed by atoms with Gasteiger partial charge < -0.3 is 15.0 Å². The quantitative estimate of drug-likeness (QED) is 0.830. The van der Waals surface area contributed by atoms with Crippen molar-refractivity contribution in [2.45, 2.75) is 6.92 Å². The van der Waals surface area contributed by atoms with Gasteiger partial charge in [-0.1, -0.05) is 11.6 Å². The first-order chi connectivity index (χ1) is 9.11. The predicted molar refractivity (Wildman–Crippen MR) is 71.3 cm³/mol. The molecule has 0 atom stereocenters. The van der Waals surface area contributed by atoms with Crippen molar-refractivity contribution in [1.29, 1.82) is 0 Å². The number of aromatic amines is 1. The molecule has 2 aromatic rings. The van der Waals surface area contributed by atoms with Crippen LogP contribution < -0.4 is 5.32 Å². The second kappa shape index (κ2) is 5.39. The fourth-order valence-corrected chi connectivity index (χ4v) is 1.71. The van der Waals surface area contributed by atoms with E-state index in [2.05, 4.69) is 10.3 Å². The van der Waals surface area contributed by atoms with E-state index in [1.807, 2.05) is 13.0 Å². The third-order valence-corrected chi connectivity index (χ3v) is 2.67. The van der Waals surface area contributed by atoms with Crippen molar-refractivity contribution < 1.29 is 14.3 Å². The molecular formula is C14H14N2O3. The molecule has 0 saturated carbocycles. The number of aromatic nitrogens is 1. The number of benzene rings is 1. The number of aryl methyl sites for hydroxylation is 1. The lowest BCUT2D eigenvalue weighted by Crippen LogP contribution is -2.15. The molecule has 0 bridgehead atoms. The maximum absolute atomic E-state index is 11.9. The Labute approximate surface area is 110 Å². The third kappa shape index (κ3) is 2.82. The van der Waals surface area contributed by atoms with Gasteiger partial charge in [-0.05, 0) is 31.2 Å². The molecule has 0 radical (unpaired) electrons. The Morgan fingerprint density at radius 3 is 2.68 bits per heavy atom. The van der Waals surface area contributed by atoms with E-state index in [1.54, 1.807) is 30.5 Å². The Hall–Kier alpha value is -2.56. The van der Waals surface area contributed by atoms with Gasteiger partial charge in [-0.2, -0.15) is 0 Å². The lowest BCUT2D eigenvalue weighted by molar-refractivity contribution is 0.0602. The number of methoxy groups -OCH3 is 1. The summed E-state index contributed by atoms with van der Waals surface area (Å²) in [5.74, 6) is -0.788. The van der Waals surface area contributed by atoms with Crippen molar-refractivity contribution in [2.24, 2.45) is 0 Å². The highest BCUT2D eigenvalue weighted by molar-refractivity contribution is 6.07. The smallest absolute Gasteiger partial charge is 0.339 e. The van der Waals surface area contributed by atoms with Crippen molar-refractivity contribution in [3.63, 3.8) is 0 Å². The van der Waals surface area contributed by atoms with Crippen molar-refractivity contribution in [3.05, 3.63) is 53.3 Å². The number of rotatable bonds is 3. The molecule has 0 fully saturated rings. The van der Waals surface area contributed by atoms with Crippen molar-refractivity contribution in [2.75, 3.05) is 12.4 Å². The Balaban J connectivity index is 2.29. The number of carbonyl (C=O) groups is 2. The summed E-state index contributed by atoms with van der Waals surface area (Å²) >= 11 is 0. The van der Waals surface area contributed by atoms with Crippen LogP contribution >= 0.6 is 0 Å². The second-order valence-electron chi connectivity index (χ2n) is 4.08. The summed E-state index contributed by atoms with van der Waals surface area (Å²) in [5.41, 5.74) is 2.11. The Morgan fingerprint density at radius 2 is 2.05 bits per heavy atom. The zero-order valence-electron chi connectivity index (χ0n) is 10.7. The molecular weight excluding hydrogens is 244 g/mol. The average Bonchev–Trinajstić information content (AvgIpc) is 2.94. The maximum Gasteiger partial charge on any atom is 0.339 e. The van der Waals surface area contributed by atoms with Gasteiger partial charge in [-0.3, -0.25) is 4.79 Å². The minimum absolute atomic E-state index is 0.306. The lowest BCUT2D eigenvalue weighted by Gasteiger charge is -2.10. The number of H-pyrrole nitrogens is 1. The van der Waals surface area contributed by atoms with Crippen molar-refractivity contribution >= 4 is 17.6 Å². The molecule has 2 rings (SSSR count). The molecule has 0 saturated heterocycles. The molecule has 0 unspecified atom stereocenters. The molecule has 19 heavy (non-hydrogen) atoms. The first-order valence-electron chi connectivity index (χ1n) is 5.75. The lowest BCUT2D eigenvalue weighted by atomic mass is 10.1. The van der Waals surface area contributed by atoms with Gasteiger partial charge in [0.2, 0.25) is 0 Å². The average molecular weight is 258 g/mol. The number of amides is 1. The van der Waals surface area contributed by atoms with Crippen LogP contribution in [0.4, 0.5) is 5.69 Å². The molecule has 0 aliphatic rings. The summed E-state index contributed by atoms with van der Waals surface area (Å²) < 4.78 is 4.71. The molecule has 0 aliphatic carbocycles. The van der Waals surface area contributed by atoms with E-state index in [1.165, 1.54) is 7.11 Å². The standard InChI is InChI=1S/C14H14N2O3/c1-9-5-6-11(10(8-9)14(18)19-2)16-13(17)12-4-3-7-15-12/h3-8,15H,1-2H3,(H,16,17). The number of hydrogen-bond donors (Lipinski definition) is 2. The number of nitrogens with one attached hydrogen (secondary N) is 2. The van der Waals surface area contributed by atoms with Crippen LogP contribution in [0.1, 0.15) is 26.4 Å². The van der Waals surface area contributed by atoms with Crippen LogP contribution in [-0.2, 0) is 4.74 Å². The van der Waals surface area contributed by atoms with Gasteiger partial charge in [0.15, 0.2) is 0 Å². The van der Waals surface area contributed by atoms with Crippen LogP contribution in [0.25, 0.3) is 0 Å². The number of ether oxygens (including phenoxy) is 1. The third-order valence-electron chi connectivity index (χ3n) is 2.67. The molecule has 0 spiro atoms. The first-order valence-corrected chi connectivity index (χ1v) is 5.75. The van der Waals surface area contributed by atoms with Gasteiger partial charge in [0.1, 0.15) is 5.69 Å². The van der Waals surface area contributed by atoms with E-state index >= 15 is 0 Å². The predicted octanol–water partition coefficient (Wildman–Crippen LogP) is 2.36. The Kier molecular flexibility index (Phi) is 3.66. The van der Waals surface area contributed by atoms with Gasteiger partial charge in [-0.15, -0.1) is 0 Å². The van der Waals surface area contributed by atoms with Crippen LogP contribution in [0.2, 0.25) is 0 Å². The van der Waals surface area contributed by atoms with Crippen molar-refractivity contribution in [3.8, 4) is 0 Å². The fourth-order valence-electron chi connectivity index (χ4n) is 1.71.